The number of fused-ring (bicyclic) bond motifs is 1. The van der Waals surface area contributed by atoms with Gasteiger partial charge in [-0.05, 0) is 43.9 Å². The molecule has 2 aromatic rings. The maximum atomic E-state index is 12.7. The number of hydrogen-bond donors (Lipinski definition) is 1. The first-order valence-corrected chi connectivity index (χ1v) is 12.6. The Morgan fingerprint density at radius 1 is 1.39 bits per heavy atom. The minimum atomic E-state index is -0.201. The summed E-state index contributed by atoms with van der Waals surface area (Å²) in [6.07, 6.45) is 5.90. The van der Waals surface area contributed by atoms with Crippen LogP contribution in [0.15, 0.2) is 23.0 Å². The number of benzene rings is 1. The number of carbonyl (C=O) groups excluding carboxylic acids is 1. The maximum Gasteiger partial charge on any atom is 0.258 e. The molecule has 1 fully saturated rings. The lowest BCUT2D eigenvalue weighted by Gasteiger charge is -2.22. The molecule has 2 heterocycles. The second-order valence-corrected chi connectivity index (χ2v) is 10.3. The smallest absolute Gasteiger partial charge is 0.258 e. The Hall–Kier alpha value is -1.18. The molecule has 5 nitrogen and oxygen atoms in total. The van der Waals surface area contributed by atoms with Crippen molar-refractivity contribution < 1.29 is 4.79 Å². The van der Waals surface area contributed by atoms with Gasteiger partial charge in [-0.25, -0.2) is 4.98 Å². The van der Waals surface area contributed by atoms with Crippen molar-refractivity contribution in [2.75, 3.05) is 12.3 Å². The number of halogens is 1. The van der Waals surface area contributed by atoms with E-state index < -0.39 is 0 Å². The monoisotopic (exact) mass is 439 g/mol. The summed E-state index contributed by atoms with van der Waals surface area (Å²) in [5, 5.41) is 1.80. The Labute approximate surface area is 178 Å². The first-order chi connectivity index (χ1) is 13.6. The van der Waals surface area contributed by atoms with Crippen LogP contribution in [0.5, 0.6) is 0 Å². The molecule has 1 aromatic heterocycles. The molecule has 1 unspecified atom stereocenters. The first kappa shape index (κ1) is 21.5. The van der Waals surface area contributed by atoms with Gasteiger partial charge in [-0.2, -0.15) is 0 Å². The highest BCUT2D eigenvalue weighted by molar-refractivity contribution is 8.77. The van der Waals surface area contributed by atoms with E-state index in [2.05, 4.69) is 9.97 Å². The third-order valence-corrected chi connectivity index (χ3v) is 8.04. The average molecular weight is 440 g/mol. The lowest BCUT2D eigenvalue weighted by molar-refractivity contribution is -0.132. The van der Waals surface area contributed by atoms with Crippen molar-refractivity contribution in [1.29, 1.82) is 0 Å². The van der Waals surface area contributed by atoms with Gasteiger partial charge >= 0.3 is 0 Å². The van der Waals surface area contributed by atoms with Crippen LogP contribution >= 0.6 is 33.2 Å². The zero-order chi connectivity index (χ0) is 19.9. The summed E-state index contributed by atoms with van der Waals surface area (Å²) in [6, 6.07) is 5.03. The average Bonchev–Trinajstić information content (AvgIpc) is 3.18. The van der Waals surface area contributed by atoms with Gasteiger partial charge in [0, 0.05) is 29.0 Å². The number of H-pyrrole nitrogens is 1. The van der Waals surface area contributed by atoms with Crippen LogP contribution in [0.2, 0.25) is 5.02 Å². The van der Waals surface area contributed by atoms with Crippen LogP contribution in [0.1, 0.15) is 51.3 Å². The molecule has 1 amide bonds. The van der Waals surface area contributed by atoms with E-state index in [0.29, 0.717) is 41.3 Å². The fraction of sp³-hybridized carbons (Fsp3) is 0.550. The SMILES string of the molecule is CCCN(Cc1nc2cc(Cl)ccc2c(=O)[nH]1)C(=O)CCCCC1CCSS1. The molecule has 3 rings (SSSR count). The third kappa shape index (κ3) is 5.91. The Bertz CT molecular complexity index is 868. The number of carbonyl (C=O) groups is 1. The summed E-state index contributed by atoms with van der Waals surface area (Å²) < 4.78 is 0. The normalized spacial score (nSPS) is 16.6. The molecular weight excluding hydrogens is 414 g/mol. The number of aromatic nitrogens is 2. The van der Waals surface area contributed by atoms with E-state index in [0.717, 1.165) is 24.5 Å². The molecule has 1 aliphatic rings. The molecule has 0 radical (unpaired) electrons. The van der Waals surface area contributed by atoms with Crippen molar-refractivity contribution in [3.05, 3.63) is 39.4 Å². The topological polar surface area (TPSA) is 66.1 Å². The highest BCUT2D eigenvalue weighted by atomic mass is 35.5. The van der Waals surface area contributed by atoms with E-state index >= 15 is 0 Å². The van der Waals surface area contributed by atoms with E-state index in [1.165, 1.54) is 18.6 Å². The standard InChI is InChI=1S/C20H26ClN3O2S2/c1-2-10-24(19(25)6-4-3-5-15-9-11-27-28-15)13-18-22-17-12-14(21)7-8-16(17)20(26)23-18/h7-8,12,15H,2-6,9-11,13H2,1H3,(H,22,23,26). The van der Waals surface area contributed by atoms with Gasteiger partial charge in [0.05, 0.1) is 17.4 Å². The van der Waals surface area contributed by atoms with Gasteiger partial charge in [0.15, 0.2) is 0 Å². The van der Waals surface area contributed by atoms with E-state index in [9.17, 15) is 9.59 Å². The van der Waals surface area contributed by atoms with Crippen molar-refractivity contribution in [3.8, 4) is 0 Å². The van der Waals surface area contributed by atoms with Gasteiger partial charge < -0.3 is 9.88 Å². The number of nitrogens with one attached hydrogen (secondary N) is 1. The molecule has 0 bridgehead atoms. The number of unbranched alkanes of at least 4 members (excludes halogenated alkanes) is 1. The summed E-state index contributed by atoms with van der Waals surface area (Å²) in [4.78, 5) is 34.1. The number of rotatable bonds is 9. The number of nitrogens with zero attached hydrogens (tertiary/aromatic N) is 2. The zero-order valence-electron chi connectivity index (χ0n) is 16.1. The lowest BCUT2D eigenvalue weighted by atomic mass is 10.1. The lowest BCUT2D eigenvalue weighted by Crippen LogP contribution is -2.32. The van der Waals surface area contributed by atoms with E-state index in [-0.39, 0.29) is 11.5 Å². The minimum Gasteiger partial charge on any atom is -0.335 e. The fourth-order valence-corrected chi connectivity index (χ4v) is 6.54. The molecule has 1 saturated heterocycles. The van der Waals surface area contributed by atoms with Crippen molar-refractivity contribution >= 4 is 50.0 Å². The van der Waals surface area contributed by atoms with Crippen LogP contribution in [0.3, 0.4) is 0 Å². The number of aromatic amines is 1. The zero-order valence-corrected chi connectivity index (χ0v) is 18.5. The van der Waals surface area contributed by atoms with Gasteiger partial charge in [0.25, 0.3) is 5.56 Å². The molecule has 0 saturated carbocycles. The van der Waals surface area contributed by atoms with Crippen LogP contribution in [-0.2, 0) is 11.3 Å². The molecule has 152 valence electrons. The predicted octanol–water partition coefficient (Wildman–Crippen LogP) is 5.03. The third-order valence-electron chi connectivity index (χ3n) is 4.80. The molecule has 1 aromatic carbocycles. The molecule has 8 heteroatoms. The van der Waals surface area contributed by atoms with E-state index in [1.807, 2.05) is 28.5 Å². The minimum absolute atomic E-state index is 0.129. The quantitative estimate of drug-likeness (QED) is 0.438. The molecule has 1 aliphatic heterocycles. The van der Waals surface area contributed by atoms with E-state index in [1.54, 1.807) is 23.1 Å². The van der Waals surface area contributed by atoms with Crippen molar-refractivity contribution in [1.82, 2.24) is 14.9 Å². The van der Waals surface area contributed by atoms with Crippen molar-refractivity contribution in [3.63, 3.8) is 0 Å². The molecule has 0 aliphatic carbocycles. The maximum absolute atomic E-state index is 12.7. The van der Waals surface area contributed by atoms with Gasteiger partial charge in [-0.1, -0.05) is 46.5 Å². The van der Waals surface area contributed by atoms with Crippen LogP contribution < -0.4 is 5.56 Å². The van der Waals surface area contributed by atoms with Gasteiger partial charge in [-0.15, -0.1) is 0 Å². The Balaban J connectivity index is 1.60. The summed E-state index contributed by atoms with van der Waals surface area (Å²) in [6.45, 7) is 3.02. The summed E-state index contributed by atoms with van der Waals surface area (Å²) in [5.74, 6) is 1.88. The van der Waals surface area contributed by atoms with Crippen LogP contribution in [-0.4, -0.2) is 38.3 Å². The fourth-order valence-electron chi connectivity index (χ4n) is 3.35. The summed E-state index contributed by atoms with van der Waals surface area (Å²) >= 11 is 6.03. The second kappa shape index (κ2) is 10.6. The molecular formula is C20H26ClN3O2S2. The van der Waals surface area contributed by atoms with E-state index in [4.69, 9.17) is 11.6 Å². The molecule has 1 N–H and O–H groups in total. The summed E-state index contributed by atoms with van der Waals surface area (Å²) in [5.41, 5.74) is 0.356. The van der Waals surface area contributed by atoms with Crippen molar-refractivity contribution in [2.45, 2.75) is 57.2 Å². The number of amides is 1. The molecule has 0 spiro atoms. The van der Waals surface area contributed by atoms with Gasteiger partial charge in [-0.3, -0.25) is 9.59 Å². The largest absolute Gasteiger partial charge is 0.335 e. The highest BCUT2D eigenvalue weighted by Gasteiger charge is 2.18. The highest BCUT2D eigenvalue weighted by Crippen LogP contribution is 2.39. The Morgan fingerprint density at radius 3 is 3.00 bits per heavy atom. The second-order valence-electron chi connectivity index (χ2n) is 7.06. The molecule has 1 atom stereocenters. The van der Waals surface area contributed by atoms with Crippen LogP contribution in [0.4, 0.5) is 0 Å². The number of hydrogen-bond acceptors (Lipinski definition) is 5. The predicted molar refractivity (Wildman–Crippen MR) is 120 cm³/mol. The molecule has 28 heavy (non-hydrogen) atoms. The van der Waals surface area contributed by atoms with Crippen LogP contribution in [0.25, 0.3) is 10.9 Å². The Kier molecular flexibility index (Phi) is 8.11. The van der Waals surface area contributed by atoms with Gasteiger partial charge in [0.2, 0.25) is 5.91 Å². The van der Waals surface area contributed by atoms with Gasteiger partial charge in [0.1, 0.15) is 5.82 Å². The summed E-state index contributed by atoms with van der Waals surface area (Å²) in [7, 11) is 3.95. The first-order valence-electron chi connectivity index (χ1n) is 9.81. The van der Waals surface area contributed by atoms with Crippen molar-refractivity contribution in [2.24, 2.45) is 0 Å². The van der Waals surface area contributed by atoms with Crippen LogP contribution in [0, 0.1) is 0 Å². The Morgan fingerprint density at radius 2 is 2.25 bits per heavy atom.